The monoisotopic (exact) mass is 402 g/mol. The van der Waals surface area contributed by atoms with Gasteiger partial charge in [0.25, 0.3) is 0 Å². The van der Waals surface area contributed by atoms with E-state index in [0.29, 0.717) is 39.2 Å². The van der Waals surface area contributed by atoms with Gasteiger partial charge in [0.05, 0.1) is 18.1 Å². The van der Waals surface area contributed by atoms with Crippen molar-refractivity contribution < 1.29 is 14.3 Å². The Morgan fingerprint density at radius 1 is 1.07 bits per heavy atom. The molecule has 2 heterocycles. The van der Waals surface area contributed by atoms with Gasteiger partial charge in [-0.25, -0.2) is 0 Å². The molecule has 6 heteroatoms. The lowest BCUT2D eigenvalue weighted by Gasteiger charge is -2.37. The summed E-state index contributed by atoms with van der Waals surface area (Å²) in [6, 6.07) is 16.3. The first kappa shape index (κ1) is 20.6. The molecule has 150 valence electrons. The third-order valence-electron chi connectivity index (χ3n) is 5.79. The van der Waals surface area contributed by atoms with Crippen molar-refractivity contribution >= 4 is 18.3 Å². The molecular formula is C22H27ClN2O3. The Morgan fingerprint density at radius 3 is 2.54 bits per heavy atom. The summed E-state index contributed by atoms with van der Waals surface area (Å²) < 4.78 is 11.5. The van der Waals surface area contributed by atoms with Crippen molar-refractivity contribution in [3.8, 4) is 16.9 Å². The number of benzene rings is 2. The molecule has 1 fully saturated rings. The van der Waals surface area contributed by atoms with Gasteiger partial charge in [0, 0.05) is 37.3 Å². The highest BCUT2D eigenvalue weighted by molar-refractivity contribution is 5.85. The number of carbonyl (C=O) groups is 1. The molecule has 0 radical (unpaired) electrons. The molecule has 1 unspecified atom stereocenters. The maximum Gasteiger partial charge on any atom is 0.228 e. The lowest BCUT2D eigenvalue weighted by atomic mass is 9.79. The number of amides is 1. The maximum atomic E-state index is 13.1. The van der Waals surface area contributed by atoms with Gasteiger partial charge in [0.1, 0.15) is 5.75 Å². The Hall–Kier alpha value is -2.08. The summed E-state index contributed by atoms with van der Waals surface area (Å²) in [6.07, 6.45) is 2.11. The van der Waals surface area contributed by atoms with Crippen LogP contribution >= 0.6 is 12.4 Å². The van der Waals surface area contributed by atoms with E-state index in [9.17, 15) is 4.79 Å². The SMILES string of the molecule is Cl.NCC1(C(=O)NC2CCOc3c(-c4ccccc4)cccc32)CCOCC1. The molecule has 0 spiro atoms. The summed E-state index contributed by atoms with van der Waals surface area (Å²) >= 11 is 0. The number of rotatable bonds is 4. The van der Waals surface area contributed by atoms with Crippen molar-refractivity contribution in [3.63, 3.8) is 0 Å². The molecule has 0 aromatic heterocycles. The first-order valence-electron chi connectivity index (χ1n) is 9.63. The van der Waals surface area contributed by atoms with E-state index in [-0.39, 0.29) is 24.4 Å². The highest BCUT2D eigenvalue weighted by Gasteiger charge is 2.40. The zero-order chi connectivity index (χ0) is 18.7. The first-order chi connectivity index (χ1) is 13.2. The van der Waals surface area contributed by atoms with Crippen LogP contribution in [0.15, 0.2) is 48.5 Å². The van der Waals surface area contributed by atoms with Crippen LogP contribution < -0.4 is 15.8 Å². The van der Waals surface area contributed by atoms with E-state index in [2.05, 4.69) is 23.5 Å². The Balaban J connectivity index is 0.00000225. The normalized spacial score (nSPS) is 20.2. The molecule has 1 atom stereocenters. The number of halogens is 1. The topological polar surface area (TPSA) is 73.6 Å². The molecule has 2 aliphatic heterocycles. The zero-order valence-electron chi connectivity index (χ0n) is 15.9. The van der Waals surface area contributed by atoms with Crippen molar-refractivity contribution in [3.05, 3.63) is 54.1 Å². The van der Waals surface area contributed by atoms with Gasteiger partial charge in [0.15, 0.2) is 0 Å². The van der Waals surface area contributed by atoms with Crippen molar-refractivity contribution in [2.45, 2.75) is 25.3 Å². The quantitative estimate of drug-likeness (QED) is 0.821. The summed E-state index contributed by atoms with van der Waals surface area (Å²) in [6.45, 7) is 2.11. The predicted molar refractivity (Wildman–Crippen MR) is 112 cm³/mol. The van der Waals surface area contributed by atoms with Gasteiger partial charge in [-0.05, 0) is 18.4 Å². The van der Waals surface area contributed by atoms with Gasteiger partial charge >= 0.3 is 0 Å². The van der Waals surface area contributed by atoms with Crippen molar-refractivity contribution in [2.24, 2.45) is 11.1 Å². The number of nitrogens with two attached hydrogens (primary N) is 1. The maximum absolute atomic E-state index is 13.1. The lowest BCUT2D eigenvalue weighted by Crippen LogP contribution is -2.50. The number of hydrogen-bond donors (Lipinski definition) is 2. The van der Waals surface area contributed by atoms with Crippen molar-refractivity contribution in [1.29, 1.82) is 0 Å². The van der Waals surface area contributed by atoms with E-state index in [1.165, 1.54) is 0 Å². The second-order valence-corrected chi connectivity index (χ2v) is 7.35. The Kier molecular flexibility index (Phi) is 6.60. The second-order valence-electron chi connectivity index (χ2n) is 7.35. The van der Waals surface area contributed by atoms with E-state index in [4.69, 9.17) is 15.2 Å². The molecule has 0 saturated carbocycles. The van der Waals surface area contributed by atoms with Crippen LogP contribution in [0, 0.1) is 5.41 Å². The highest BCUT2D eigenvalue weighted by atomic mass is 35.5. The molecule has 4 rings (SSSR count). The van der Waals surface area contributed by atoms with E-state index in [1.54, 1.807) is 0 Å². The Labute approximate surface area is 172 Å². The molecule has 1 amide bonds. The zero-order valence-corrected chi connectivity index (χ0v) is 16.7. The number of para-hydroxylation sites is 1. The van der Waals surface area contributed by atoms with Gasteiger partial charge in [0.2, 0.25) is 5.91 Å². The van der Waals surface area contributed by atoms with Crippen LogP contribution in [-0.2, 0) is 9.53 Å². The van der Waals surface area contributed by atoms with Crippen molar-refractivity contribution in [1.82, 2.24) is 5.32 Å². The van der Waals surface area contributed by atoms with Gasteiger partial charge in [-0.15, -0.1) is 12.4 Å². The molecule has 2 aromatic rings. The minimum Gasteiger partial charge on any atom is -0.492 e. The number of nitrogens with one attached hydrogen (secondary N) is 1. The Bertz CT molecular complexity index is 807. The third-order valence-corrected chi connectivity index (χ3v) is 5.79. The van der Waals surface area contributed by atoms with E-state index in [0.717, 1.165) is 28.9 Å². The molecule has 28 heavy (non-hydrogen) atoms. The van der Waals surface area contributed by atoms with Crippen LogP contribution in [0.3, 0.4) is 0 Å². The van der Waals surface area contributed by atoms with Crippen LogP contribution in [0.4, 0.5) is 0 Å². The van der Waals surface area contributed by atoms with Crippen LogP contribution in [0.25, 0.3) is 11.1 Å². The summed E-state index contributed by atoms with van der Waals surface area (Å²) in [5.74, 6) is 0.908. The van der Waals surface area contributed by atoms with E-state index in [1.807, 2.05) is 30.3 Å². The number of fused-ring (bicyclic) bond motifs is 1. The van der Waals surface area contributed by atoms with E-state index >= 15 is 0 Å². The number of carbonyl (C=O) groups excluding carboxylic acids is 1. The summed E-state index contributed by atoms with van der Waals surface area (Å²) in [5.41, 5.74) is 8.69. The molecule has 0 bridgehead atoms. The first-order valence-corrected chi connectivity index (χ1v) is 9.63. The fraction of sp³-hybridized carbons (Fsp3) is 0.409. The lowest BCUT2D eigenvalue weighted by molar-refractivity contribution is -0.136. The molecule has 5 nitrogen and oxygen atoms in total. The Morgan fingerprint density at radius 2 is 1.82 bits per heavy atom. The van der Waals surface area contributed by atoms with Crippen molar-refractivity contribution in [2.75, 3.05) is 26.4 Å². The minimum atomic E-state index is -0.520. The van der Waals surface area contributed by atoms with Crippen LogP contribution in [0.1, 0.15) is 30.9 Å². The summed E-state index contributed by atoms with van der Waals surface area (Å²) in [4.78, 5) is 13.1. The van der Waals surface area contributed by atoms with E-state index < -0.39 is 5.41 Å². The number of ether oxygens (including phenoxy) is 2. The molecule has 3 N–H and O–H groups in total. The van der Waals surface area contributed by atoms with Crippen LogP contribution in [0.5, 0.6) is 5.75 Å². The predicted octanol–water partition coefficient (Wildman–Crippen LogP) is 3.47. The fourth-order valence-electron chi connectivity index (χ4n) is 4.02. The average Bonchev–Trinajstić information content (AvgIpc) is 2.74. The standard InChI is InChI=1S/C22H26N2O3.ClH/c23-15-22(10-13-26-14-11-22)21(25)24-19-9-12-27-20-17(7-4-8-18(19)20)16-5-2-1-3-6-16;/h1-8,19H,9-15,23H2,(H,24,25);1H. The number of hydrogen-bond acceptors (Lipinski definition) is 4. The van der Waals surface area contributed by atoms with Gasteiger partial charge in [-0.1, -0.05) is 48.5 Å². The second kappa shape index (κ2) is 8.95. The largest absolute Gasteiger partial charge is 0.492 e. The van der Waals surface area contributed by atoms with Crippen LogP contribution in [0.2, 0.25) is 0 Å². The summed E-state index contributed by atoms with van der Waals surface area (Å²) in [5, 5.41) is 3.26. The average molecular weight is 403 g/mol. The summed E-state index contributed by atoms with van der Waals surface area (Å²) in [7, 11) is 0. The van der Waals surface area contributed by atoms with Crippen LogP contribution in [-0.4, -0.2) is 32.3 Å². The van der Waals surface area contributed by atoms with Gasteiger partial charge < -0.3 is 20.5 Å². The molecule has 2 aliphatic rings. The molecule has 2 aromatic carbocycles. The smallest absolute Gasteiger partial charge is 0.228 e. The third kappa shape index (κ3) is 3.88. The van der Waals surface area contributed by atoms with Gasteiger partial charge in [-0.2, -0.15) is 0 Å². The molecular weight excluding hydrogens is 376 g/mol. The highest BCUT2D eigenvalue weighted by Crippen LogP contribution is 2.41. The van der Waals surface area contributed by atoms with Gasteiger partial charge in [-0.3, -0.25) is 4.79 Å². The fourth-order valence-corrected chi connectivity index (χ4v) is 4.02. The molecule has 0 aliphatic carbocycles. The molecule has 1 saturated heterocycles. The minimum absolute atomic E-state index is 0.